The lowest BCUT2D eigenvalue weighted by Crippen LogP contribution is -2.25. The number of carbonyl (C=O) groups is 3. The highest BCUT2D eigenvalue weighted by Gasteiger charge is 2.27. The van der Waals surface area contributed by atoms with Gasteiger partial charge in [0.1, 0.15) is 5.00 Å². The highest BCUT2D eigenvalue weighted by molar-refractivity contribution is 7.17. The Balaban J connectivity index is 1.71. The van der Waals surface area contributed by atoms with Crippen LogP contribution < -0.4 is 10.6 Å². The summed E-state index contributed by atoms with van der Waals surface area (Å²) in [6, 6.07) is 9.67. The summed E-state index contributed by atoms with van der Waals surface area (Å²) in [5.41, 5.74) is 2.60. The second kappa shape index (κ2) is 9.01. The van der Waals surface area contributed by atoms with Crippen LogP contribution in [0.5, 0.6) is 0 Å². The zero-order chi connectivity index (χ0) is 20.1. The van der Waals surface area contributed by atoms with E-state index in [1.165, 1.54) is 11.3 Å². The van der Waals surface area contributed by atoms with Gasteiger partial charge in [0.15, 0.2) is 0 Å². The molecule has 1 heterocycles. The number of hydrogen-bond acceptors (Lipinski definition) is 4. The van der Waals surface area contributed by atoms with E-state index >= 15 is 0 Å². The molecule has 148 valence electrons. The molecule has 1 aliphatic carbocycles. The molecular formula is C21H24N2O4S. The van der Waals surface area contributed by atoms with Crippen molar-refractivity contribution < 1.29 is 19.5 Å². The van der Waals surface area contributed by atoms with E-state index < -0.39 is 5.97 Å². The van der Waals surface area contributed by atoms with Gasteiger partial charge >= 0.3 is 5.97 Å². The van der Waals surface area contributed by atoms with E-state index in [-0.39, 0.29) is 30.6 Å². The Hall–Kier alpha value is -2.67. The molecule has 0 spiro atoms. The number of anilines is 1. The van der Waals surface area contributed by atoms with Crippen LogP contribution in [-0.4, -0.2) is 22.9 Å². The minimum atomic E-state index is -0.920. The fourth-order valence-electron chi connectivity index (χ4n) is 3.46. The largest absolute Gasteiger partial charge is 0.481 e. The van der Waals surface area contributed by atoms with Crippen LogP contribution in [-0.2, 0) is 29.0 Å². The molecule has 0 fully saturated rings. The first-order valence-corrected chi connectivity index (χ1v) is 10.2. The standard InChI is InChI=1S/C21H24N2O4S/c1-13(11-18(25)26)10-17(24)23-21-19(15-8-5-9-16(15)28-21)20(27)22-12-14-6-3-2-4-7-14/h2-4,6-7,13H,5,8-12H2,1H3,(H,22,27)(H,23,24)(H,25,26). The zero-order valence-electron chi connectivity index (χ0n) is 15.8. The van der Waals surface area contributed by atoms with Crippen molar-refractivity contribution >= 4 is 34.1 Å². The van der Waals surface area contributed by atoms with Crippen molar-refractivity contribution in [3.05, 3.63) is 51.9 Å². The molecule has 3 N–H and O–H groups in total. The van der Waals surface area contributed by atoms with Gasteiger partial charge in [0.25, 0.3) is 5.91 Å². The van der Waals surface area contributed by atoms with E-state index in [9.17, 15) is 14.4 Å². The summed E-state index contributed by atoms with van der Waals surface area (Å²) in [5.74, 6) is -1.63. The fraction of sp³-hybridized carbons (Fsp3) is 0.381. The van der Waals surface area contributed by atoms with E-state index in [1.54, 1.807) is 6.92 Å². The van der Waals surface area contributed by atoms with Crippen LogP contribution >= 0.6 is 11.3 Å². The summed E-state index contributed by atoms with van der Waals surface area (Å²) in [5, 5.41) is 15.2. The van der Waals surface area contributed by atoms with Crippen LogP contribution in [0.2, 0.25) is 0 Å². The molecule has 0 radical (unpaired) electrons. The Morgan fingerprint density at radius 3 is 2.61 bits per heavy atom. The first-order chi connectivity index (χ1) is 13.4. The molecule has 0 aliphatic heterocycles. The normalized spacial score (nSPS) is 13.6. The maximum absolute atomic E-state index is 12.9. The van der Waals surface area contributed by atoms with Gasteiger partial charge in [-0.05, 0) is 36.3 Å². The number of carboxylic acids is 1. The van der Waals surface area contributed by atoms with Crippen molar-refractivity contribution in [3.63, 3.8) is 0 Å². The molecule has 0 bridgehead atoms. The Bertz CT molecular complexity index is 876. The number of rotatable bonds is 8. The molecule has 2 aromatic rings. The SMILES string of the molecule is CC(CC(=O)O)CC(=O)Nc1sc2c(c1C(=O)NCc1ccccc1)CCC2. The maximum atomic E-state index is 12.9. The Morgan fingerprint density at radius 2 is 1.89 bits per heavy atom. The Morgan fingerprint density at radius 1 is 1.14 bits per heavy atom. The highest BCUT2D eigenvalue weighted by Crippen LogP contribution is 2.39. The smallest absolute Gasteiger partial charge is 0.303 e. The predicted octanol–water partition coefficient (Wildman–Crippen LogP) is 3.61. The molecule has 1 atom stereocenters. The van der Waals surface area contributed by atoms with Gasteiger partial charge in [-0.3, -0.25) is 14.4 Å². The number of amides is 2. The minimum absolute atomic E-state index is 0.0568. The monoisotopic (exact) mass is 400 g/mol. The Kier molecular flexibility index (Phi) is 6.46. The average molecular weight is 401 g/mol. The number of carboxylic acid groups (broad SMARTS) is 1. The molecular weight excluding hydrogens is 376 g/mol. The van der Waals surface area contributed by atoms with E-state index in [2.05, 4.69) is 10.6 Å². The third-order valence-corrected chi connectivity index (χ3v) is 5.96. The first-order valence-electron chi connectivity index (χ1n) is 9.42. The molecule has 2 amide bonds. The van der Waals surface area contributed by atoms with E-state index in [1.807, 2.05) is 30.3 Å². The van der Waals surface area contributed by atoms with Gasteiger partial charge in [-0.1, -0.05) is 37.3 Å². The predicted molar refractivity (Wildman–Crippen MR) is 109 cm³/mol. The third kappa shape index (κ3) is 4.98. The second-order valence-corrected chi connectivity index (χ2v) is 8.29. The summed E-state index contributed by atoms with van der Waals surface area (Å²) < 4.78 is 0. The highest BCUT2D eigenvalue weighted by atomic mass is 32.1. The summed E-state index contributed by atoms with van der Waals surface area (Å²) in [7, 11) is 0. The van der Waals surface area contributed by atoms with E-state index in [4.69, 9.17) is 5.11 Å². The van der Waals surface area contributed by atoms with Crippen molar-refractivity contribution in [1.29, 1.82) is 0 Å². The Labute approximate surface area is 168 Å². The van der Waals surface area contributed by atoms with Crippen LogP contribution in [0.4, 0.5) is 5.00 Å². The van der Waals surface area contributed by atoms with Gasteiger partial charge in [-0.15, -0.1) is 11.3 Å². The number of aryl methyl sites for hydroxylation is 1. The summed E-state index contributed by atoms with van der Waals surface area (Å²) in [4.78, 5) is 37.2. The number of thiophene rings is 1. The number of nitrogens with one attached hydrogen (secondary N) is 2. The van der Waals surface area contributed by atoms with Crippen molar-refractivity contribution in [2.45, 2.75) is 45.6 Å². The lowest BCUT2D eigenvalue weighted by molar-refractivity contribution is -0.138. The van der Waals surface area contributed by atoms with E-state index in [0.29, 0.717) is 17.1 Å². The van der Waals surface area contributed by atoms with Crippen molar-refractivity contribution in [2.24, 2.45) is 5.92 Å². The van der Waals surface area contributed by atoms with Crippen LogP contribution in [0.1, 0.15) is 52.5 Å². The lowest BCUT2D eigenvalue weighted by Gasteiger charge is -2.11. The number of aliphatic carboxylic acids is 1. The lowest BCUT2D eigenvalue weighted by atomic mass is 10.0. The molecule has 1 unspecified atom stereocenters. The summed E-state index contributed by atoms with van der Waals surface area (Å²) in [6.45, 7) is 2.16. The van der Waals surface area contributed by atoms with Gasteiger partial charge in [0, 0.05) is 24.3 Å². The molecule has 7 heteroatoms. The van der Waals surface area contributed by atoms with Crippen molar-refractivity contribution in [3.8, 4) is 0 Å². The maximum Gasteiger partial charge on any atom is 0.303 e. The third-order valence-electron chi connectivity index (χ3n) is 4.75. The van der Waals surface area contributed by atoms with Gasteiger partial charge in [0.2, 0.25) is 5.91 Å². The van der Waals surface area contributed by atoms with Crippen molar-refractivity contribution in [1.82, 2.24) is 5.32 Å². The van der Waals surface area contributed by atoms with E-state index in [0.717, 1.165) is 35.3 Å². The van der Waals surface area contributed by atoms with Gasteiger partial charge < -0.3 is 15.7 Å². The van der Waals surface area contributed by atoms with Crippen LogP contribution in [0, 0.1) is 5.92 Å². The molecule has 6 nitrogen and oxygen atoms in total. The summed E-state index contributed by atoms with van der Waals surface area (Å²) in [6.07, 6.45) is 2.83. The minimum Gasteiger partial charge on any atom is -0.481 e. The molecule has 3 rings (SSSR count). The topological polar surface area (TPSA) is 95.5 Å². The molecule has 1 aromatic heterocycles. The number of benzene rings is 1. The van der Waals surface area contributed by atoms with Crippen LogP contribution in [0.15, 0.2) is 30.3 Å². The van der Waals surface area contributed by atoms with Gasteiger partial charge in [-0.25, -0.2) is 0 Å². The molecule has 1 aliphatic rings. The number of carbonyl (C=O) groups excluding carboxylic acids is 2. The summed E-state index contributed by atoms with van der Waals surface area (Å²) >= 11 is 1.46. The van der Waals surface area contributed by atoms with Crippen LogP contribution in [0.25, 0.3) is 0 Å². The quantitative estimate of drug-likeness (QED) is 0.631. The van der Waals surface area contributed by atoms with Crippen LogP contribution in [0.3, 0.4) is 0 Å². The zero-order valence-corrected chi connectivity index (χ0v) is 16.6. The van der Waals surface area contributed by atoms with Crippen molar-refractivity contribution in [2.75, 3.05) is 5.32 Å². The number of hydrogen-bond donors (Lipinski definition) is 3. The fourth-order valence-corrected chi connectivity index (χ4v) is 4.77. The number of fused-ring (bicyclic) bond motifs is 1. The average Bonchev–Trinajstić information content (AvgIpc) is 3.20. The molecule has 1 aromatic carbocycles. The molecule has 28 heavy (non-hydrogen) atoms. The van der Waals surface area contributed by atoms with Gasteiger partial charge in [-0.2, -0.15) is 0 Å². The second-order valence-electron chi connectivity index (χ2n) is 7.19. The molecule has 0 saturated heterocycles. The first kappa shape index (κ1) is 20.1. The molecule has 0 saturated carbocycles. The van der Waals surface area contributed by atoms with Gasteiger partial charge in [0.05, 0.1) is 5.56 Å².